The third-order valence-corrected chi connectivity index (χ3v) is 3.60. The van der Waals surface area contributed by atoms with E-state index >= 15 is 0 Å². The Labute approximate surface area is 144 Å². The standard InChI is InChI=1S/C18H17N3O4/c1-11(22)20-14-5-3-13(4-6-14)18(24)19-9-12-2-7-15-16(8-12)25-10-17(23)21-15/h2-8H,9-10H2,1H3,(H,19,24)(H,20,22)(H,21,23). The molecule has 0 spiro atoms. The molecule has 0 fully saturated rings. The van der Waals surface area contributed by atoms with Gasteiger partial charge in [-0.05, 0) is 42.0 Å². The highest BCUT2D eigenvalue weighted by molar-refractivity contribution is 5.96. The first-order chi connectivity index (χ1) is 12.0. The molecular formula is C18H17N3O4. The SMILES string of the molecule is CC(=O)Nc1ccc(C(=O)NCc2ccc3c(c2)OCC(=O)N3)cc1. The molecular weight excluding hydrogens is 322 g/mol. The van der Waals surface area contributed by atoms with Crippen molar-refractivity contribution in [1.29, 1.82) is 0 Å². The predicted molar refractivity (Wildman–Crippen MR) is 92.5 cm³/mol. The van der Waals surface area contributed by atoms with Gasteiger partial charge in [-0.2, -0.15) is 0 Å². The average Bonchev–Trinajstić information content (AvgIpc) is 2.59. The molecule has 0 saturated heterocycles. The molecule has 0 saturated carbocycles. The van der Waals surface area contributed by atoms with Crippen molar-refractivity contribution in [3.63, 3.8) is 0 Å². The third kappa shape index (κ3) is 4.14. The number of hydrogen-bond donors (Lipinski definition) is 3. The minimum Gasteiger partial charge on any atom is -0.482 e. The number of benzene rings is 2. The summed E-state index contributed by atoms with van der Waals surface area (Å²) in [5, 5.41) is 8.18. The lowest BCUT2D eigenvalue weighted by atomic mass is 10.1. The van der Waals surface area contributed by atoms with E-state index in [1.165, 1.54) is 6.92 Å². The Morgan fingerprint density at radius 2 is 1.92 bits per heavy atom. The molecule has 3 amide bonds. The van der Waals surface area contributed by atoms with E-state index in [0.29, 0.717) is 29.2 Å². The summed E-state index contributed by atoms with van der Waals surface area (Å²) in [6.07, 6.45) is 0. The number of carbonyl (C=O) groups is 3. The second-order valence-electron chi connectivity index (χ2n) is 5.61. The fraction of sp³-hybridized carbons (Fsp3) is 0.167. The molecule has 0 aromatic heterocycles. The first-order valence-corrected chi connectivity index (χ1v) is 7.73. The Morgan fingerprint density at radius 3 is 2.64 bits per heavy atom. The van der Waals surface area contributed by atoms with Crippen molar-refractivity contribution >= 4 is 29.1 Å². The van der Waals surface area contributed by atoms with E-state index in [2.05, 4.69) is 16.0 Å². The molecule has 0 radical (unpaired) electrons. The van der Waals surface area contributed by atoms with Crippen molar-refractivity contribution < 1.29 is 19.1 Å². The monoisotopic (exact) mass is 339 g/mol. The van der Waals surface area contributed by atoms with Crippen LogP contribution >= 0.6 is 0 Å². The number of fused-ring (bicyclic) bond motifs is 1. The van der Waals surface area contributed by atoms with E-state index in [-0.39, 0.29) is 24.3 Å². The maximum Gasteiger partial charge on any atom is 0.262 e. The first-order valence-electron chi connectivity index (χ1n) is 7.73. The fourth-order valence-corrected chi connectivity index (χ4v) is 2.42. The van der Waals surface area contributed by atoms with Crippen LogP contribution in [0.15, 0.2) is 42.5 Å². The van der Waals surface area contributed by atoms with Crippen LogP contribution in [-0.2, 0) is 16.1 Å². The number of anilines is 2. The summed E-state index contributed by atoms with van der Waals surface area (Å²) >= 11 is 0. The van der Waals surface area contributed by atoms with Crippen LogP contribution in [0.5, 0.6) is 5.75 Å². The van der Waals surface area contributed by atoms with Gasteiger partial charge in [0.05, 0.1) is 5.69 Å². The van der Waals surface area contributed by atoms with Crippen LogP contribution in [0.1, 0.15) is 22.8 Å². The van der Waals surface area contributed by atoms with Gasteiger partial charge >= 0.3 is 0 Å². The maximum absolute atomic E-state index is 12.2. The summed E-state index contributed by atoms with van der Waals surface area (Å²) in [7, 11) is 0. The molecule has 2 aromatic rings. The van der Waals surface area contributed by atoms with Crippen molar-refractivity contribution in [3.8, 4) is 5.75 Å². The zero-order valence-corrected chi connectivity index (χ0v) is 13.6. The zero-order chi connectivity index (χ0) is 17.8. The molecule has 0 aliphatic carbocycles. The molecule has 2 aromatic carbocycles. The van der Waals surface area contributed by atoms with Gasteiger partial charge in [-0.25, -0.2) is 0 Å². The summed E-state index contributed by atoms with van der Waals surface area (Å²) in [5.74, 6) is 0.0200. The number of amides is 3. The normalized spacial score (nSPS) is 12.4. The van der Waals surface area contributed by atoms with Gasteiger partial charge in [0.15, 0.2) is 6.61 Å². The largest absolute Gasteiger partial charge is 0.482 e. The molecule has 0 unspecified atom stereocenters. The van der Waals surface area contributed by atoms with Crippen molar-refractivity contribution in [3.05, 3.63) is 53.6 Å². The fourth-order valence-electron chi connectivity index (χ4n) is 2.42. The van der Waals surface area contributed by atoms with Gasteiger partial charge in [-0.3, -0.25) is 14.4 Å². The Hall–Kier alpha value is -3.35. The molecule has 7 nitrogen and oxygen atoms in total. The molecule has 25 heavy (non-hydrogen) atoms. The Bertz CT molecular complexity index is 831. The minimum absolute atomic E-state index is 0.0105. The lowest BCUT2D eigenvalue weighted by molar-refractivity contribution is -0.118. The molecule has 0 bridgehead atoms. The van der Waals surface area contributed by atoms with Crippen LogP contribution in [0.25, 0.3) is 0 Å². The van der Waals surface area contributed by atoms with Crippen molar-refractivity contribution in [1.82, 2.24) is 5.32 Å². The van der Waals surface area contributed by atoms with E-state index in [1.807, 2.05) is 6.07 Å². The van der Waals surface area contributed by atoms with Crippen LogP contribution in [-0.4, -0.2) is 24.3 Å². The quantitative estimate of drug-likeness (QED) is 0.793. The van der Waals surface area contributed by atoms with E-state index in [4.69, 9.17) is 4.74 Å². The molecule has 1 aliphatic rings. The van der Waals surface area contributed by atoms with Crippen LogP contribution < -0.4 is 20.7 Å². The van der Waals surface area contributed by atoms with Crippen LogP contribution in [0.3, 0.4) is 0 Å². The summed E-state index contributed by atoms with van der Waals surface area (Å²) in [5.41, 5.74) is 2.62. The number of hydrogen-bond acceptors (Lipinski definition) is 4. The van der Waals surface area contributed by atoms with E-state index in [0.717, 1.165) is 5.56 Å². The third-order valence-electron chi connectivity index (χ3n) is 3.60. The van der Waals surface area contributed by atoms with Gasteiger partial charge in [0.1, 0.15) is 5.75 Å². The van der Waals surface area contributed by atoms with Gasteiger partial charge in [-0.1, -0.05) is 6.07 Å². The second kappa shape index (κ2) is 7.04. The summed E-state index contributed by atoms with van der Waals surface area (Å²) in [4.78, 5) is 34.4. The number of nitrogens with one attached hydrogen (secondary N) is 3. The summed E-state index contributed by atoms with van der Waals surface area (Å²) < 4.78 is 5.35. The number of rotatable bonds is 4. The van der Waals surface area contributed by atoms with Crippen LogP contribution in [0, 0.1) is 0 Å². The van der Waals surface area contributed by atoms with Gasteiger partial charge in [0, 0.05) is 24.7 Å². The summed E-state index contributed by atoms with van der Waals surface area (Å²) in [6.45, 7) is 1.74. The number of ether oxygens (including phenoxy) is 1. The summed E-state index contributed by atoms with van der Waals surface area (Å²) in [6, 6.07) is 12.0. The van der Waals surface area contributed by atoms with Crippen LogP contribution in [0.4, 0.5) is 11.4 Å². The second-order valence-corrected chi connectivity index (χ2v) is 5.61. The molecule has 3 rings (SSSR count). The molecule has 1 heterocycles. The van der Waals surface area contributed by atoms with Gasteiger partial charge in [0.25, 0.3) is 11.8 Å². The van der Waals surface area contributed by atoms with Gasteiger partial charge < -0.3 is 20.7 Å². The predicted octanol–water partition coefficient (Wildman–Crippen LogP) is 1.91. The molecule has 1 aliphatic heterocycles. The van der Waals surface area contributed by atoms with Gasteiger partial charge in [0.2, 0.25) is 5.91 Å². The van der Waals surface area contributed by atoms with Crippen molar-refractivity contribution in [2.24, 2.45) is 0 Å². The molecule has 3 N–H and O–H groups in total. The number of carbonyl (C=O) groups excluding carboxylic acids is 3. The minimum atomic E-state index is -0.221. The lowest BCUT2D eigenvalue weighted by Crippen LogP contribution is -2.26. The van der Waals surface area contributed by atoms with E-state index in [1.54, 1.807) is 36.4 Å². The molecule has 0 atom stereocenters. The Morgan fingerprint density at radius 1 is 1.16 bits per heavy atom. The van der Waals surface area contributed by atoms with Gasteiger partial charge in [-0.15, -0.1) is 0 Å². The highest BCUT2D eigenvalue weighted by atomic mass is 16.5. The lowest BCUT2D eigenvalue weighted by Gasteiger charge is -2.18. The Balaban J connectivity index is 1.60. The molecule has 7 heteroatoms. The molecule has 128 valence electrons. The maximum atomic E-state index is 12.2. The Kier molecular flexibility index (Phi) is 4.65. The zero-order valence-electron chi connectivity index (χ0n) is 13.6. The highest BCUT2D eigenvalue weighted by Crippen LogP contribution is 2.28. The van der Waals surface area contributed by atoms with Crippen molar-refractivity contribution in [2.45, 2.75) is 13.5 Å². The van der Waals surface area contributed by atoms with Crippen LogP contribution in [0.2, 0.25) is 0 Å². The highest BCUT2D eigenvalue weighted by Gasteiger charge is 2.16. The smallest absolute Gasteiger partial charge is 0.262 e. The van der Waals surface area contributed by atoms with Crippen molar-refractivity contribution in [2.75, 3.05) is 17.2 Å². The van der Waals surface area contributed by atoms with E-state index in [9.17, 15) is 14.4 Å². The first kappa shape index (κ1) is 16.5. The van der Waals surface area contributed by atoms with E-state index < -0.39 is 0 Å². The average molecular weight is 339 g/mol. The topological polar surface area (TPSA) is 96.5 Å².